The summed E-state index contributed by atoms with van der Waals surface area (Å²) in [6, 6.07) is 4.14. The summed E-state index contributed by atoms with van der Waals surface area (Å²) in [5, 5.41) is 12.9. The average molecular weight is 511 g/mol. The van der Waals surface area contributed by atoms with E-state index in [4.69, 9.17) is 4.74 Å². The maximum atomic E-state index is 13.4. The summed E-state index contributed by atoms with van der Waals surface area (Å²) in [5.41, 5.74) is 0.444. The summed E-state index contributed by atoms with van der Waals surface area (Å²) in [6.45, 7) is 4.10. The van der Waals surface area contributed by atoms with Gasteiger partial charge in [0.15, 0.2) is 0 Å². The lowest BCUT2D eigenvalue weighted by atomic mass is 9.96. The fourth-order valence-electron chi connectivity index (χ4n) is 4.60. The number of aliphatic hydroxyl groups excluding tert-OH is 1. The molecule has 11 heteroatoms. The Labute approximate surface area is 208 Å². The number of urea groups is 1. The van der Waals surface area contributed by atoms with E-state index in [2.05, 4.69) is 10.0 Å². The molecule has 0 unspecified atom stereocenters. The van der Waals surface area contributed by atoms with E-state index in [1.54, 1.807) is 29.8 Å². The minimum Gasteiger partial charge on any atom is -0.487 e. The van der Waals surface area contributed by atoms with Gasteiger partial charge in [-0.25, -0.2) is 13.2 Å². The number of hydrogen-bond acceptors (Lipinski definition) is 6. The number of hydrogen-bond donors (Lipinski definition) is 3. The number of aliphatic hydroxyl groups is 1. The van der Waals surface area contributed by atoms with Crippen LogP contribution in [0.1, 0.15) is 56.3 Å². The Hall–Kier alpha value is -2.53. The third-order valence-electron chi connectivity index (χ3n) is 6.70. The molecule has 1 saturated carbocycles. The van der Waals surface area contributed by atoms with Crippen molar-refractivity contribution in [1.29, 1.82) is 0 Å². The van der Waals surface area contributed by atoms with Crippen molar-refractivity contribution in [2.45, 2.75) is 64.1 Å². The van der Waals surface area contributed by atoms with Gasteiger partial charge in [0.2, 0.25) is 10.0 Å². The van der Waals surface area contributed by atoms with E-state index in [0.717, 1.165) is 31.9 Å². The number of benzene rings is 1. The van der Waals surface area contributed by atoms with Crippen molar-refractivity contribution < 1.29 is 27.9 Å². The molecule has 1 fully saturated rings. The first-order valence-corrected chi connectivity index (χ1v) is 14.1. The molecular formula is C24H38N4O6S. The van der Waals surface area contributed by atoms with Gasteiger partial charge in [-0.3, -0.25) is 9.52 Å². The lowest BCUT2D eigenvalue weighted by Crippen LogP contribution is -2.52. The second kappa shape index (κ2) is 11.5. The number of sulfonamides is 1. The lowest BCUT2D eigenvalue weighted by molar-refractivity contribution is 0.0366. The molecule has 1 aromatic carbocycles. The standard InChI is InChI=1S/C24H38N4O6S/c1-16-13-28(17(2)15-29)23(30)20-12-19(26-35(4,32)33)10-11-21(20)34-22(16)14-27(3)24(31)25-18-8-6-5-7-9-18/h10-12,16-18,22,26,29H,5-9,13-15H2,1-4H3,(H,25,31)/t16-,17-,22-/m0/s1. The van der Waals surface area contributed by atoms with Crippen LogP contribution in [0, 0.1) is 5.92 Å². The molecular weight excluding hydrogens is 472 g/mol. The minimum atomic E-state index is -3.54. The largest absolute Gasteiger partial charge is 0.487 e. The highest BCUT2D eigenvalue weighted by molar-refractivity contribution is 7.92. The third kappa shape index (κ3) is 7.23. The zero-order chi connectivity index (χ0) is 25.8. The maximum absolute atomic E-state index is 13.4. The fraction of sp³-hybridized carbons (Fsp3) is 0.667. The molecule has 1 heterocycles. The molecule has 196 valence electrons. The molecule has 3 amide bonds. The predicted octanol–water partition coefficient (Wildman–Crippen LogP) is 2.25. The lowest BCUT2D eigenvalue weighted by Gasteiger charge is -2.38. The highest BCUT2D eigenvalue weighted by atomic mass is 32.2. The average Bonchev–Trinajstić information content (AvgIpc) is 2.80. The number of amides is 3. The maximum Gasteiger partial charge on any atom is 0.317 e. The topological polar surface area (TPSA) is 128 Å². The van der Waals surface area contributed by atoms with Gasteiger partial charge in [0.25, 0.3) is 5.91 Å². The zero-order valence-electron chi connectivity index (χ0n) is 21.0. The van der Waals surface area contributed by atoms with Gasteiger partial charge in [0, 0.05) is 31.2 Å². The third-order valence-corrected chi connectivity index (χ3v) is 7.31. The molecule has 3 N–H and O–H groups in total. The summed E-state index contributed by atoms with van der Waals surface area (Å²) in [6.07, 6.45) is 6.04. The van der Waals surface area contributed by atoms with Crippen LogP contribution in [0.25, 0.3) is 0 Å². The van der Waals surface area contributed by atoms with Gasteiger partial charge in [-0.15, -0.1) is 0 Å². The highest BCUT2D eigenvalue weighted by Gasteiger charge is 2.34. The Bertz CT molecular complexity index is 1010. The van der Waals surface area contributed by atoms with Gasteiger partial charge in [0.05, 0.1) is 31.0 Å². The van der Waals surface area contributed by atoms with E-state index < -0.39 is 22.2 Å². The van der Waals surface area contributed by atoms with Crippen molar-refractivity contribution >= 4 is 27.6 Å². The molecule has 0 spiro atoms. The molecule has 3 atom stereocenters. The second-order valence-corrected chi connectivity index (χ2v) is 11.6. The number of rotatable bonds is 7. The van der Waals surface area contributed by atoms with E-state index in [-0.39, 0.29) is 41.8 Å². The number of nitrogens with zero attached hydrogens (tertiary/aromatic N) is 2. The van der Waals surface area contributed by atoms with Gasteiger partial charge < -0.3 is 25.0 Å². The van der Waals surface area contributed by atoms with E-state index in [0.29, 0.717) is 18.8 Å². The van der Waals surface area contributed by atoms with Crippen LogP contribution in [0.2, 0.25) is 0 Å². The van der Waals surface area contributed by atoms with Crippen LogP contribution >= 0.6 is 0 Å². The Balaban J connectivity index is 1.85. The van der Waals surface area contributed by atoms with Gasteiger partial charge in [-0.2, -0.15) is 0 Å². The molecule has 0 radical (unpaired) electrons. The molecule has 10 nitrogen and oxygen atoms in total. The number of carbonyl (C=O) groups is 2. The van der Waals surface area contributed by atoms with Gasteiger partial charge in [-0.05, 0) is 38.0 Å². The summed E-state index contributed by atoms with van der Waals surface area (Å²) in [4.78, 5) is 29.4. The molecule has 35 heavy (non-hydrogen) atoms. The smallest absolute Gasteiger partial charge is 0.317 e. The summed E-state index contributed by atoms with van der Waals surface area (Å²) >= 11 is 0. The van der Waals surface area contributed by atoms with Crippen molar-refractivity contribution in [1.82, 2.24) is 15.1 Å². The van der Waals surface area contributed by atoms with Crippen LogP contribution < -0.4 is 14.8 Å². The van der Waals surface area contributed by atoms with Crippen molar-refractivity contribution in [3.63, 3.8) is 0 Å². The number of fused-ring (bicyclic) bond motifs is 1. The van der Waals surface area contributed by atoms with Gasteiger partial charge >= 0.3 is 6.03 Å². The van der Waals surface area contributed by atoms with E-state index in [1.165, 1.54) is 18.6 Å². The molecule has 0 saturated heterocycles. The summed E-state index contributed by atoms with van der Waals surface area (Å²) in [5.74, 6) is -0.186. The van der Waals surface area contributed by atoms with Crippen LogP contribution in [-0.4, -0.2) is 86.4 Å². The second-order valence-electron chi connectivity index (χ2n) is 9.87. The molecule has 1 aromatic rings. The van der Waals surface area contributed by atoms with E-state index in [1.807, 2.05) is 6.92 Å². The van der Waals surface area contributed by atoms with E-state index in [9.17, 15) is 23.1 Å². The van der Waals surface area contributed by atoms with Gasteiger partial charge in [0.1, 0.15) is 11.9 Å². The molecule has 1 aliphatic heterocycles. The number of carbonyl (C=O) groups excluding carboxylic acids is 2. The Kier molecular flexibility index (Phi) is 8.87. The molecule has 0 aromatic heterocycles. The molecule has 0 bridgehead atoms. The Morgan fingerprint density at radius 3 is 2.60 bits per heavy atom. The number of likely N-dealkylation sites (N-methyl/N-ethyl adjacent to an activating group) is 1. The zero-order valence-corrected chi connectivity index (χ0v) is 21.8. The normalized spacial score (nSPS) is 22.3. The fourth-order valence-corrected chi connectivity index (χ4v) is 5.16. The number of anilines is 1. The van der Waals surface area contributed by atoms with Crippen molar-refractivity contribution in [2.75, 3.05) is 37.7 Å². The Morgan fingerprint density at radius 1 is 1.29 bits per heavy atom. The molecule has 3 rings (SSSR count). The number of nitrogens with one attached hydrogen (secondary N) is 2. The highest BCUT2D eigenvalue weighted by Crippen LogP contribution is 2.31. The van der Waals surface area contributed by atoms with Crippen LogP contribution in [0.15, 0.2) is 18.2 Å². The van der Waals surface area contributed by atoms with Crippen molar-refractivity contribution in [2.24, 2.45) is 5.92 Å². The monoisotopic (exact) mass is 510 g/mol. The minimum absolute atomic E-state index is 0.139. The molecule has 2 aliphatic rings. The van der Waals surface area contributed by atoms with Crippen molar-refractivity contribution in [3.05, 3.63) is 23.8 Å². The summed E-state index contributed by atoms with van der Waals surface area (Å²) < 4.78 is 32.1. The van der Waals surface area contributed by atoms with Crippen LogP contribution in [-0.2, 0) is 10.0 Å². The van der Waals surface area contributed by atoms with E-state index >= 15 is 0 Å². The predicted molar refractivity (Wildman–Crippen MR) is 134 cm³/mol. The van der Waals surface area contributed by atoms with Crippen LogP contribution in [0.5, 0.6) is 5.75 Å². The first kappa shape index (κ1) is 27.1. The van der Waals surface area contributed by atoms with Gasteiger partial charge in [-0.1, -0.05) is 26.2 Å². The molecule has 1 aliphatic carbocycles. The number of ether oxygens (including phenoxy) is 1. The first-order chi connectivity index (χ1) is 16.5. The quantitative estimate of drug-likeness (QED) is 0.516. The van der Waals surface area contributed by atoms with Crippen LogP contribution in [0.4, 0.5) is 10.5 Å². The van der Waals surface area contributed by atoms with Crippen LogP contribution in [0.3, 0.4) is 0 Å². The SMILES string of the molecule is C[C@H]1CN([C@@H](C)CO)C(=O)c2cc(NS(C)(=O)=O)ccc2O[C@H]1CN(C)C(=O)NC1CCCCC1. The summed E-state index contributed by atoms with van der Waals surface area (Å²) in [7, 11) is -1.81. The Morgan fingerprint density at radius 2 is 1.97 bits per heavy atom. The van der Waals surface area contributed by atoms with Crippen molar-refractivity contribution in [3.8, 4) is 5.75 Å². The first-order valence-electron chi connectivity index (χ1n) is 12.2.